The van der Waals surface area contributed by atoms with Gasteiger partial charge in [0.25, 0.3) is 0 Å². The Morgan fingerprint density at radius 3 is 2.50 bits per heavy atom. The lowest BCUT2D eigenvalue weighted by molar-refractivity contribution is 0.448. The molecule has 1 aromatic carbocycles. The Labute approximate surface area is 90.7 Å². The molecule has 3 heteroatoms. The molecule has 0 aliphatic carbocycles. The van der Waals surface area contributed by atoms with Crippen LogP contribution in [0.5, 0.6) is 0 Å². The van der Waals surface area contributed by atoms with Crippen LogP contribution in [-0.2, 0) is 0 Å². The fourth-order valence-electron chi connectivity index (χ4n) is 1.01. The quantitative estimate of drug-likeness (QED) is 0.802. The van der Waals surface area contributed by atoms with Gasteiger partial charge in [-0.05, 0) is 33.0 Å². The Kier molecular flexibility index (Phi) is 3.78. The Morgan fingerprint density at radius 2 is 1.93 bits per heavy atom. The molecule has 0 unspecified atom stereocenters. The SMILES string of the molecule is CNC(C)(C)CNc1ccccc1Cl. The van der Waals surface area contributed by atoms with Crippen molar-refractivity contribution in [2.75, 3.05) is 18.9 Å². The van der Waals surface area contributed by atoms with Crippen LogP contribution < -0.4 is 10.6 Å². The van der Waals surface area contributed by atoms with Crippen LogP contribution in [0.15, 0.2) is 24.3 Å². The molecule has 0 aromatic heterocycles. The zero-order valence-electron chi connectivity index (χ0n) is 8.89. The number of nitrogens with one attached hydrogen (secondary N) is 2. The number of benzene rings is 1. The minimum absolute atomic E-state index is 0.0686. The van der Waals surface area contributed by atoms with Gasteiger partial charge < -0.3 is 10.6 Å². The molecule has 0 radical (unpaired) electrons. The second-order valence-electron chi connectivity index (χ2n) is 3.97. The van der Waals surface area contributed by atoms with E-state index in [9.17, 15) is 0 Å². The standard InChI is InChI=1S/C11H17ClN2/c1-11(2,13-3)8-14-10-7-5-4-6-9(10)12/h4-7,13-14H,8H2,1-3H3. The van der Waals surface area contributed by atoms with Crippen molar-refractivity contribution in [2.24, 2.45) is 0 Å². The maximum atomic E-state index is 6.01. The third-order valence-electron chi connectivity index (χ3n) is 2.27. The summed E-state index contributed by atoms with van der Waals surface area (Å²) in [5.41, 5.74) is 1.05. The second kappa shape index (κ2) is 4.67. The third-order valence-corrected chi connectivity index (χ3v) is 2.60. The Morgan fingerprint density at radius 1 is 1.29 bits per heavy atom. The van der Waals surface area contributed by atoms with Crippen LogP contribution in [0.2, 0.25) is 5.02 Å². The van der Waals surface area contributed by atoms with E-state index >= 15 is 0 Å². The lowest BCUT2D eigenvalue weighted by atomic mass is 10.1. The number of hydrogen-bond donors (Lipinski definition) is 2. The summed E-state index contributed by atoms with van der Waals surface area (Å²) in [6, 6.07) is 7.77. The van der Waals surface area contributed by atoms with Crippen LogP contribution in [0, 0.1) is 0 Å². The van der Waals surface area contributed by atoms with Crippen molar-refractivity contribution in [3.63, 3.8) is 0 Å². The summed E-state index contributed by atoms with van der Waals surface area (Å²) in [5.74, 6) is 0. The van der Waals surface area contributed by atoms with Gasteiger partial charge in [0.1, 0.15) is 0 Å². The van der Waals surface area contributed by atoms with Crippen LogP contribution >= 0.6 is 11.6 Å². The molecule has 0 atom stereocenters. The van der Waals surface area contributed by atoms with Crippen molar-refractivity contribution in [3.8, 4) is 0 Å². The molecule has 0 fully saturated rings. The van der Waals surface area contributed by atoms with Crippen LogP contribution in [0.25, 0.3) is 0 Å². The summed E-state index contributed by atoms with van der Waals surface area (Å²) in [7, 11) is 1.95. The Balaban J connectivity index is 2.58. The van der Waals surface area contributed by atoms with Crippen LogP contribution in [0.3, 0.4) is 0 Å². The Bertz CT molecular complexity index is 297. The molecule has 0 bridgehead atoms. The molecular weight excluding hydrogens is 196 g/mol. The predicted molar refractivity (Wildman–Crippen MR) is 63.1 cm³/mol. The molecule has 2 nitrogen and oxygen atoms in total. The van der Waals surface area contributed by atoms with Crippen LogP contribution in [0.4, 0.5) is 5.69 Å². The largest absolute Gasteiger partial charge is 0.382 e. The van der Waals surface area contributed by atoms with Gasteiger partial charge in [-0.15, -0.1) is 0 Å². The summed E-state index contributed by atoms with van der Waals surface area (Å²) in [4.78, 5) is 0. The Hall–Kier alpha value is -0.730. The molecule has 0 aliphatic heterocycles. The molecule has 0 aliphatic rings. The first-order valence-corrected chi connectivity index (χ1v) is 5.10. The second-order valence-corrected chi connectivity index (χ2v) is 4.37. The van der Waals surface area contributed by atoms with Crippen LogP contribution in [-0.4, -0.2) is 19.1 Å². The van der Waals surface area contributed by atoms with E-state index in [1.165, 1.54) is 0 Å². The highest BCUT2D eigenvalue weighted by Gasteiger charge is 2.14. The zero-order valence-corrected chi connectivity index (χ0v) is 9.65. The first kappa shape index (κ1) is 11.3. The van der Waals surface area contributed by atoms with E-state index < -0.39 is 0 Å². The predicted octanol–water partition coefficient (Wildman–Crippen LogP) is 2.75. The maximum absolute atomic E-state index is 6.01. The lowest BCUT2D eigenvalue weighted by Gasteiger charge is -2.25. The van der Waals surface area contributed by atoms with E-state index in [0.29, 0.717) is 0 Å². The number of anilines is 1. The molecule has 0 saturated heterocycles. The average molecular weight is 213 g/mol. The molecule has 2 N–H and O–H groups in total. The number of halogens is 1. The first-order chi connectivity index (χ1) is 6.55. The van der Waals surface area contributed by atoms with Gasteiger partial charge in [0, 0.05) is 12.1 Å². The number of hydrogen-bond acceptors (Lipinski definition) is 2. The molecule has 0 amide bonds. The molecular formula is C11H17ClN2. The highest BCUT2D eigenvalue weighted by atomic mass is 35.5. The van der Waals surface area contributed by atoms with Gasteiger partial charge in [0.15, 0.2) is 0 Å². The van der Waals surface area contributed by atoms with E-state index in [2.05, 4.69) is 24.5 Å². The molecule has 0 heterocycles. The highest BCUT2D eigenvalue weighted by molar-refractivity contribution is 6.33. The number of likely N-dealkylation sites (N-methyl/N-ethyl adjacent to an activating group) is 1. The van der Waals surface area contributed by atoms with E-state index in [-0.39, 0.29) is 5.54 Å². The topological polar surface area (TPSA) is 24.1 Å². The molecule has 0 saturated carbocycles. The number of para-hydroxylation sites is 1. The van der Waals surface area contributed by atoms with Crippen molar-refractivity contribution in [1.82, 2.24) is 5.32 Å². The molecule has 78 valence electrons. The van der Waals surface area contributed by atoms with Crippen LogP contribution in [0.1, 0.15) is 13.8 Å². The van der Waals surface area contributed by atoms with Gasteiger partial charge in [-0.25, -0.2) is 0 Å². The number of rotatable bonds is 4. The molecule has 14 heavy (non-hydrogen) atoms. The van der Waals surface area contributed by atoms with Gasteiger partial charge in [-0.1, -0.05) is 23.7 Å². The normalized spacial score (nSPS) is 11.4. The smallest absolute Gasteiger partial charge is 0.0637 e. The van der Waals surface area contributed by atoms with E-state index in [4.69, 9.17) is 11.6 Å². The van der Waals surface area contributed by atoms with E-state index in [1.807, 2.05) is 31.3 Å². The monoisotopic (exact) mass is 212 g/mol. The summed E-state index contributed by atoms with van der Waals surface area (Å²) >= 11 is 6.01. The molecule has 0 spiro atoms. The summed E-state index contributed by atoms with van der Waals surface area (Å²) < 4.78 is 0. The minimum atomic E-state index is 0.0686. The van der Waals surface area contributed by atoms with Crippen molar-refractivity contribution < 1.29 is 0 Å². The summed E-state index contributed by atoms with van der Waals surface area (Å²) in [5, 5.41) is 7.30. The van der Waals surface area contributed by atoms with Gasteiger partial charge in [-0.3, -0.25) is 0 Å². The van der Waals surface area contributed by atoms with Gasteiger partial charge >= 0.3 is 0 Å². The van der Waals surface area contributed by atoms with Gasteiger partial charge in [-0.2, -0.15) is 0 Å². The molecule has 1 rings (SSSR count). The maximum Gasteiger partial charge on any atom is 0.0637 e. The molecule has 1 aromatic rings. The van der Waals surface area contributed by atoms with E-state index in [0.717, 1.165) is 17.3 Å². The average Bonchev–Trinajstić information content (AvgIpc) is 2.17. The summed E-state index contributed by atoms with van der Waals surface area (Å²) in [6.45, 7) is 5.11. The van der Waals surface area contributed by atoms with Gasteiger partial charge in [0.05, 0.1) is 10.7 Å². The van der Waals surface area contributed by atoms with Crippen molar-refractivity contribution in [3.05, 3.63) is 29.3 Å². The minimum Gasteiger partial charge on any atom is -0.382 e. The van der Waals surface area contributed by atoms with Crippen molar-refractivity contribution >= 4 is 17.3 Å². The van der Waals surface area contributed by atoms with Crippen molar-refractivity contribution in [1.29, 1.82) is 0 Å². The van der Waals surface area contributed by atoms with Gasteiger partial charge in [0.2, 0.25) is 0 Å². The lowest BCUT2D eigenvalue weighted by Crippen LogP contribution is -2.42. The van der Waals surface area contributed by atoms with Crippen molar-refractivity contribution in [2.45, 2.75) is 19.4 Å². The van der Waals surface area contributed by atoms with E-state index in [1.54, 1.807) is 0 Å². The third kappa shape index (κ3) is 3.20. The fraction of sp³-hybridized carbons (Fsp3) is 0.455. The highest BCUT2D eigenvalue weighted by Crippen LogP contribution is 2.20. The summed E-state index contributed by atoms with van der Waals surface area (Å²) in [6.07, 6.45) is 0. The first-order valence-electron chi connectivity index (χ1n) is 4.72. The zero-order chi connectivity index (χ0) is 10.6. The fourth-order valence-corrected chi connectivity index (χ4v) is 1.21.